The topological polar surface area (TPSA) is 90.1 Å². The average Bonchev–Trinajstić information content (AvgIpc) is 3.31. The lowest BCUT2D eigenvalue weighted by Gasteiger charge is -2.38. The molecule has 4 atom stereocenters. The van der Waals surface area contributed by atoms with Crippen LogP contribution in [0.1, 0.15) is 41.7 Å². The van der Waals surface area contributed by atoms with E-state index in [9.17, 15) is 9.18 Å². The number of aromatic nitrogens is 2. The molecule has 3 N–H and O–H groups in total. The Morgan fingerprint density at radius 1 is 1.25 bits per heavy atom. The Labute approximate surface area is 188 Å². The fourth-order valence-corrected chi connectivity index (χ4v) is 5.12. The highest BCUT2D eigenvalue weighted by Crippen LogP contribution is 2.41. The number of carbonyl (C=O) groups excluding carboxylic acids is 1. The fraction of sp³-hybridized carbons (Fsp3) is 0.348. The van der Waals surface area contributed by atoms with E-state index in [4.69, 9.17) is 10.5 Å². The summed E-state index contributed by atoms with van der Waals surface area (Å²) in [5.41, 5.74) is 9.02. The van der Waals surface area contributed by atoms with Crippen LogP contribution in [-0.2, 0) is 4.74 Å². The van der Waals surface area contributed by atoms with Crippen molar-refractivity contribution < 1.29 is 18.3 Å². The van der Waals surface area contributed by atoms with Gasteiger partial charge in [-0.1, -0.05) is 6.92 Å². The lowest BCUT2D eigenvalue weighted by Crippen LogP contribution is -2.45. The van der Waals surface area contributed by atoms with E-state index >= 15 is 4.39 Å². The highest BCUT2D eigenvalue weighted by Gasteiger charge is 2.35. The molecule has 2 aromatic heterocycles. The first-order valence-corrected chi connectivity index (χ1v) is 11.2. The van der Waals surface area contributed by atoms with Crippen molar-refractivity contribution in [2.24, 2.45) is 11.7 Å². The molecule has 9 heteroatoms. The van der Waals surface area contributed by atoms with Crippen LogP contribution in [0.5, 0.6) is 0 Å². The molecule has 3 aromatic rings. The van der Waals surface area contributed by atoms with Crippen molar-refractivity contribution in [3.8, 4) is 11.1 Å². The number of nitrogens with one attached hydrogen (secondary N) is 1. The first-order chi connectivity index (χ1) is 15.4. The highest BCUT2D eigenvalue weighted by molar-refractivity contribution is 7.07. The van der Waals surface area contributed by atoms with Gasteiger partial charge >= 0.3 is 0 Å². The minimum absolute atomic E-state index is 0.0355. The number of hydrogen-bond acceptors (Lipinski definition) is 6. The number of ether oxygens (including phenoxy) is 1. The largest absolute Gasteiger partial charge is 0.380 e. The minimum Gasteiger partial charge on any atom is -0.380 e. The summed E-state index contributed by atoms with van der Waals surface area (Å²) in [7, 11) is 1.66. The lowest BCUT2D eigenvalue weighted by atomic mass is 9.73. The maximum absolute atomic E-state index is 15.5. The van der Waals surface area contributed by atoms with Crippen molar-refractivity contribution in [2.75, 3.05) is 12.4 Å². The third-order valence-electron chi connectivity index (χ3n) is 6.05. The number of nitrogens with two attached hydrogens (primary N) is 1. The van der Waals surface area contributed by atoms with E-state index in [1.165, 1.54) is 28.3 Å². The molecule has 168 valence electrons. The Morgan fingerprint density at radius 2 is 2.06 bits per heavy atom. The summed E-state index contributed by atoms with van der Waals surface area (Å²) in [6, 6.07) is 4.21. The Kier molecular flexibility index (Phi) is 6.59. The zero-order valence-electron chi connectivity index (χ0n) is 17.7. The van der Waals surface area contributed by atoms with Gasteiger partial charge in [0, 0.05) is 42.1 Å². The van der Waals surface area contributed by atoms with Gasteiger partial charge in [0.25, 0.3) is 5.91 Å². The van der Waals surface area contributed by atoms with Crippen LogP contribution in [0.3, 0.4) is 0 Å². The molecule has 0 radical (unpaired) electrons. The van der Waals surface area contributed by atoms with Crippen LogP contribution < -0.4 is 11.1 Å². The number of amides is 1. The van der Waals surface area contributed by atoms with Gasteiger partial charge in [-0.05, 0) is 48.4 Å². The van der Waals surface area contributed by atoms with Gasteiger partial charge in [-0.2, -0.15) is 0 Å². The maximum Gasteiger partial charge on any atom is 0.275 e. The molecule has 1 aliphatic rings. The number of pyridine rings is 1. The van der Waals surface area contributed by atoms with Gasteiger partial charge < -0.3 is 15.8 Å². The molecule has 1 aromatic carbocycles. The van der Waals surface area contributed by atoms with Gasteiger partial charge in [0.2, 0.25) is 0 Å². The van der Waals surface area contributed by atoms with E-state index in [0.29, 0.717) is 12.0 Å². The van der Waals surface area contributed by atoms with Crippen molar-refractivity contribution in [1.82, 2.24) is 9.97 Å². The van der Waals surface area contributed by atoms with Gasteiger partial charge in [0.1, 0.15) is 17.2 Å². The summed E-state index contributed by atoms with van der Waals surface area (Å²) in [5, 5.41) is 3.82. The monoisotopic (exact) mass is 458 g/mol. The fourth-order valence-electron chi connectivity index (χ4n) is 4.59. The van der Waals surface area contributed by atoms with Crippen molar-refractivity contribution in [2.45, 2.75) is 37.8 Å². The second-order valence-electron chi connectivity index (χ2n) is 8.08. The van der Waals surface area contributed by atoms with E-state index in [1.807, 2.05) is 6.07 Å². The zero-order chi connectivity index (χ0) is 22.8. The molecule has 1 fully saturated rings. The van der Waals surface area contributed by atoms with Crippen LogP contribution in [-0.4, -0.2) is 35.1 Å². The Hall–Kier alpha value is -2.75. The van der Waals surface area contributed by atoms with Crippen molar-refractivity contribution in [1.29, 1.82) is 0 Å². The Balaban J connectivity index is 1.70. The molecule has 1 saturated carbocycles. The summed E-state index contributed by atoms with van der Waals surface area (Å²) < 4.78 is 35.5. The van der Waals surface area contributed by atoms with Gasteiger partial charge in [0.05, 0.1) is 11.6 Å². The van der Waals surface area contributed by atoms with E-state index in [2.05, 4.69) is 22.2 Å². The van der Waals surface area contributed by atoms with E-state index in [1.54, 1.807) is 19.5 Å². The molecule has 2 heterocycles. The third kappa shape index (κ3) is 4.28. The number of benzene rings is 1. The van der Waals surface area contributed by atoms with Gasteiger partial charge in [-0.3, -0.25) is 9.78 Å². The number of methoxy groups -OCH3 is 1. The number of rotatable bonds is 5. The lowest BCUT2D eigenvalue weighted by molar-refractivity contribution is 0.00982. The molecule has 1 aliphatic carbocycles. The number of hydrogen-bond donors (Lipinski definition) is 2. The molecule has 0 saturated heterocycles. The first kappa shape index (κ1) is 22.4. The molecule has 0 unspecified atom stereocenters. The molecule has 0 aliphatic heterocycles. The van der Waals surface area contributed by atoms with Gasteiger partial charge in [-0.25, -0.2) is 13.8 Å². The quantitative estimate of drug-likeness (QED) is 0.584. The van der Waals surface area contributed by atoms with Crippen LogP contribution in [0.2, 0.25) is 0 Å². The van der Waals surface area contributed by atoms with Crippen LogP contribution >= 0.6 is 11.3 Å². The summed E-state index contributed by atoms with van der Waals surface area (Å²) in [5.74, 6) is -2.10. The Bertz CT molecular complexity index is 1100. The number of anilines is 1. The number of thiazole rings is 1. The summed E-state index contributed by atoms with van der Waals surface area (Å²) in [6.07, 6.45) is 4.68. The van der Waals surface area contributed by atoms with Crippen LogP contribution in [0.25, 0.3) is 11.1 Å². The minimum atomic E-state index is -0.864. The highest BCUT2D eigenvalue weighted by atomic mass is 32.1. The molecular formula is C23H24F2N4O2S. The standard InChI is InChI=1S/C23H24F2N4O2S/c1-12-7-13(8-18(26)22(12)31-2)14-5-6-27-9-16(14)15-3-4-17(24)21(20(15)25)29-23(30)19-10-32-11-28-19/h3-6,9-13,18,22H,7-8,26H2,1-2H3,(H,29,30)/t12-,13+,18+,22+/m0/s1. The zero-order valence-corrected chi connectivity index (χ0v) is 18.5. The number of halogens is 2. The maximum atomic E-state index is 15.5. The molecule has 6 nitrogen and oxygen atoms in total. The molecule has 0 bridgehead atoms. The molecule has 4 rings (SSSR count). The van der Waals surface area contributed by atoms with E-state index in [-0.39, 0.29) is 35.2 Å². The number of nitrogens with zero attached hydrogens (tertiary/aromatic N) is 2. The summed E-state index contributed by atoms with van der Waals surface area (Å²) >= 11 is 1.22. The summed E-state index contributed by atoms with van der Waals surface area (Å²) in [4.78, 5) is 20.4. The smallest absolute Gasteiger partial charge is 0.275 e. The molecular weight excluding hydrogens is 434 g/mol. The van der Waals surface area contributed by atoms with E-state index < -0.39 is 23.2 Å². The first-order valence-electron chi connectivity index (χ1n) is 10.3. The van der Waals surface area contributed by atoms with Crippen LogP contribution in [0.4, 0.5) is 14.5 Å². The van der Waals surface area contributed by atoms with Crippen molar-refractivity contribution in [3.05, 3.63) is 64.4 Å². The van der Waals surface area contributed by atoms with Crippen LogP contribution in [0.15, 0.2) is 41.5 Å². The molecule has 1 amide bonds. The number of carbonyl (C=O) groups is 1. The molecule has 32 heavy (non-hydrogen) atoms. The predicted molar refractivity (Wildman–Crippen MR) is 120 cm³/mol. The molecule has 0 spiro atoms. The van der Waals surface area contributed by atoms with Crippen LogP contribution in [0, 0.1) is 17.6 Å². The van der Waals surface area contributed by atoms with Gasteiger partial charge in [-0.15, -0.1) is 11.3 Å². The third-order valence-corrected chi connectivity index (χ3v) is 6.63. The SMILES string of the molecule is CO[C@H]1[C@H](N)C[C@H](c2ccncc2-c2ccc(F)c(NC(=O)c3cscn3)c2F)C[C@@H]1C. The Morgan fingerprint density at radius 3 is 2.75 bits per heavy atom. The second-order valence-corrected chi connectivity index (χ2v) is 8.80. The second kappa shape index (κ2) is 9.40. The van der Waals surface area contributed by atoms with Gasteiger partial charge in [0.15, 0.2) is 5.82 Å². The van der Waals surface area contributed by atoms with E-state index in [0.717, 1.165) is 18.1 Å². The van der Waals surface area contributed by atoms with Crippen molar-refractivity contribution in [3.63, 3.8) is 0 Å². The normalized spacial score (nSPS) is 23.2. The summed E-state index contributed by atoms with van der Waals surface area (Å²) in [6.45, 7) is 2.09. The predicted octanol–water partition coefficient (Wildman–Crippen LogP) is 4.59. The average molecular weight is 459 g/mol. The van der Waals surface area contributed by atoms with Crippen molar-refractivity contribution >= 4 is 22.9 Å².